The number of hydrogen-bond acceptors (Lipinski definition) is 5. The third-order valence-corrected chi connectivity index (χ3v) is 6.61. The maximum atomic E-state index is 13.2. The van der Waals surface area contributed by atoms with Gasteiger partial charge in [0.25, 0.3) is 5.91 Å². The van der Waals surface area contributed by atoms with Crippen LogP contribution in [0.1, 0.15) is 38.1 Å². The van der Waals surface area contributed by atoms with Gasteiger partial charge in [-0.15, -0.1) is 11.3 Å². The Hall–Kier alpha value is -3.26. The molecule has 8 heteroatoms. The highest BCUT2D eigenvalue weighted by atomic mass is 32.1. The van der Waals surface area contributed by atoms with Crippen LogP contribution >= 0.6 is 11.3 Å². The van der Waals surface area contributed by atoms with Crippen molar-refractivity contribution in [3.05, 3.63) is 81.2 Å². The fraction of sp³-hybridized carbons (Fsp3) is 0.227. The number of rotatable bonds is 3. The van der Waals surface area contributed by atoms with Gasteiger partial charge in [0.05, 0.1) is 12.7 Å². The largest absolute Gasteiger partial charge is 0.355 e. The zero-order valence-electron chi connectivity index (χ0n) is 16.5. The van der Waals surface area contributed by atoms with Gasteiger partial charge in [-0.05, 0) is 48.2 Å². The van der Waals surface area contributed by atoms with E-state index in [1.165, 1.54) is 22.6 Å². The summed E-state index contributed by atoms with van der Waals surface area (Å²) in [5.41, 5.74) is 4.39. The first-order valence-electron chi connectivity index (χ1n) is 9.58. The first-order chi connectivity index (χ1) is 14.5. The molecule has 0 aliphatic carbocycles. The van der Waals surface area contributed by atoms with E-state index in [9.17, 15) is 9.18 Å². The highest BCUT2D eigenvalue weighted by molar-refractivity contribution is 7.10. The molecule has 5 rings (SSSR count). The lowest BCUT2D eigenvalue weighted by Gasteiger charge is -2.32. The Morgan fingerprint density at radius 2 is 2.03 bits per heavy atom. The van der Waals surface area contributed by atoms with Gasteiger partial charge in [-0.3, -0.25) is 9.48 Å². The van der Waals surface area contributed by atoms with E-state index >= 15 is 0 Å². The lowest BCUT2D eigenvalue weighted by molar-refractivity contribution is 0.0717. The highest BCUT2D eigenvalue weighted by Crippen LogP contribution is 2.38. The fourth-order valence-corrected chi connectivity index (χ4v) is 4.87. The van der Waals surface area contributed by atoms with Crippen molar-refractivity contribution in [1.29, 1.82) is 0 Å². The zero-order chi connectivity index (χ0) is 20.8. The number of hydrogen-bond donors (Lipinski definition) is 0. The Morgan fingerprint density at radius 3 is 2.77 bits per heavy atom. The lowest BCUT2D eigenvalue weighted by Crippen LogP contribution is -2.38. The summed E-state index contributed by atoms with van der Waals surface area (Å²) in [5, 5.41) is 10.4. The van der Waals surface area contributed by atoms with E-state index in [1.54, 1.807) is 29.5 Å². The minimum Gasteiger partial charge on any atom is -0.355 e. The Balaban J connectivity index is 1.44. The summed E-state index contributed by atoms with van der Waals surface area (Å²) in [6.45, 7) is 3.13. The number of benzene rings is 1. The SMILES string of the molecule is Cc1c(C2CN(C(=O)c3cc(-c4ccc(F)cc4)on3)Cc3sccc32)cnn1C. The number of nitrogens with zero attached hydrogens (tertiary/aromatic N) is 4. The first kappa shape index (κ1) is 18.7. The normalized spacial score (nSPS) is 16.0. The van der Waals surface area contributed by atoms with Crippen LogP contribution in [-0.2, 0) is 13.6 Å². The van der Waals surface area contributed by atoms with Gasteiger partial charge in [-0.1, -0.05) is 5.16 Å². The molecule has 0 N–H and O–H groups in total. The summed E-state index contributed by atoms with van der Waals surface area (Å²) in [7, 11) is 1.92. The minimum atomic E-state index is -0.327. The second kappa shape index (κ2) is 7.21. The van der Waals surface area contributed by atoms with Gasteiger partial charge in [0, 0.05) is 47.3 Å². The molecule has 0 spiro atoms. The van der Waals surface area contributed by atoms with E-state index in [4.69, 9.17) is 4.52 Å². The summed E-state index contributed by atoms with van der Waals surface area (Å²) in [5.74, 6) is -0.00276. The molecule has 0 saturated carbocycles. The van der Waals surface area contributed by atoms with E-state index in [1.807, 2.05) is 29.7 Å². The Kier molecular flexibility index (Phi) is 4.51. The fourth-order valence-electron chi connectivity index (χ4n) is 3.91. The number of aryl methyl sites for hydroxylation is 1. The number of carbonyl (C=O) groups excluding carboxylic acids is 1. The van der Waals surface area contributed by atoms with Crippen molar-refractivity contribution < 1.29 is 13.7 Å². The van der Waals surface area contributed by atoms with Crippen LogP contribution in [-0.4, -0.2) is 32.3 Å². The molecule has 1 amide bonds. The third kappa shape index (κ3) is 3.13. The molecule has 0 bridgehead atoms. The molecule has 6 nitrogen and oxygen atoms in total. The molecule has 4 aromatic rings. The van der Waals surface area contributed by atoms with Gasteiger partial charge in [0.2, 0.25) is 0 Å². The molecular weight excluding hydrogens is 403 g/mol. The number of halogens is 1. The second-order valence-corrected chi connectivity index (χ2v) is 8.43. The maximum Gasteiger partial charge on any atom is 0.276 e. The average Bonchev–Trinajstić information content (AvgIpc) is 3.49. The Bertz CT molecular complexity index is 1220. The van der Waals surface area contributed by atoms with Crippen molar-refractivity contribution >= 4 is 17.2 Å². The quantitative estimate of drug-likeness (QED) is 0.492. The first-order valence-corrected chi connectivity index (χ1v) is 10.5. The van der Waals surface area contributed by atoms with E-state index < -0.39 is 0 Å². The summed E-state index contributed by atoms with van der Waals surface area (Å²) in [6, 6.07) is 9.66. The molecule has 0 radical (unpaired) electrons. The summed E-state index contributed by atoms with van der Waals surface area (Å²) in [4.78, 5) is 16.2. The van der Waals surface area contributed by atoms with Crippen LogP contribution in [0, 0.1) is 12.7 Å². The molecule has 1 atom stereocenters. The molecule has 1 aliphatic rings. The molecule has 1 unspecified atom stereocenters. The van der Waals surface area contributed by atoms with Crippen LogP contribution in [0.2, 0.25) is 0 Å². The third-order valence-electron chi connectivity index (χ3n) is 5.69. The molecule has 4 heterocycles. The van der Waals surface area contributed by atoms with Gasteiger partial charge >= 0.3 is 0 Å². The summed E-state index contributed by atoms with van der Waals surface area (Å²) >= 11 is 1.66. The zero-order valence-corrected chi connectivity index (χ0v) is 17.3. The molecule has 152 valence electrons. The van der Waals surface area contributed by atoms with Crippen LogP contribution in [0.4, 0.5) is 4.39 Å². The van der Waals surface area contributed by atoms with Gasteiger partial charge in [-0.25, -0.2) is 4.39 Å². The molecule has 1 aromatic carbocycles. The second-order valence-electron chi connectivity index (χ2n) is 7.43. The number of amides is 1. The van der Waals surface area contributed by atoms with Gasteiger partial charge in [0.1, 0.15) is 5.82 Å². The van der Waals surface area contributed by atoms with Gasteiger partial charge in [-0.2, -0.15) is 5.10 Å². The topological polar surface area (TPSA) is 64.2 Å². The Morgan fingerprint density at radius 1 is 1.23 bits per heavy atom. The van der Waals surface area contributed by atoms with Crippen LogP contribution < -0.4 is 0 Å². The molecular formula is C22H19FN4O2S. The monoisotopic (exact) mass is 422 g/mol. The van der Waals surface area contributed by atoms with E-state index in [0.717, 1.165) is 11.3 Å². The summed E-state index contributed by atoms with van der Waals surface area (Å²) < 4.78 is 20.4. The Labute approximate surface area is 176 Å². The van der Waals surface area contributed by atoms with E-state index in [2.05, 4.69) is 21.7 Å². The molecule has 0 fully saturated rings. The standard InChI is InChI=1S/C22H19FN4O2S/c1-13-17(10-24-26(13)2)18-11-27(12-21-16(18)7-8-30-21)22(28)19-9-20(29-25-19)14-3-5-15(23)6-4-14/h3-10,18H,11-12H2,1-2H3. The lowest BCUT2D eigenvalue weighted by atomic mass is 9.88. The predicted octanol–water partition coefficient (Wildman–Crippen LogP) is 4.37. The van der Waals surface area contributed by atoms with Crippen molar-refractivity contribution in [3.8, 4) is 11.3 Å². The number of carbonyl (C=O) groups is 1. The van der Waals surface area contributed by atoms with E-state index in [0.29, 0.717) is 24.4 Å². The van der Waals surface area contributed by atoms with Crippen LogP contribution in [0.25, 0.3) is 11.3 Å². The van der Waals surface area contributed by atoms with Crippen LogP contribution in [0.15, 0.2) is 52.5 Å². The highest BCUT2D eigenvalue weighted by Gasteiger charge is 2.33. The molecule has 0 saturated heterocycles. The predicted molar refractivity (Wildman–Crippen MR) is 111 cm³/mol. The average molecular weight is 422 g/mol. The van der Waals surface area contributed by atoms with Crippen molar-refractivity contribution in [2.45, 2.75) is 19.4 Å². The smallest absolute Gasteiger partial charge is 0.276 e. The molecule has 30 heavy (non-hydrogen) atoms. The maximum absolute atomic E-state index is 13.2. The number of fused-ring (bicyclic) bond motifs is 1. The van der Waals surface area contributed by atoms with Crippen LogP contribution in [0.3, 0.4) is 0 Å². The van der Waals surface area contributed by atoms with Gasteiger partial charge in [0.15, 0.2) is 11.5 Å². The van der Waals surface area contributed by atoms with Crippen molar-refractivity contribution in [3.63, 3.8) is 0 Å². The van der Waals surface area contributed by atoms with E-state index in [-0.39, 0.29) is 23.3 Å². The van der Waals surface area contributed by atoms with Crippen molar-refractivity contribution in [2.24, 2.45) is 7.05 Å². The number of aromatic nitrogens is 3. The number of thiophene rings is 1. The molecule has 1 aliphatic heterocycles. The van der Waals surface area contributed by atoms with Gasteiger partial charge < -0.3 is 9.42 Å². The minimum absolute atomic E-state index is 0.0705. The van der Waals surface area contributed by atoms with Crippen LogP contribution in [0.5, 0.6) is 0 Å². The van der Waals surface area contributed by atoms with Crippen molar-refractivity contribution in [2.75, 3.05) is 6.54 Å². The molecule has 3 aromatic heterocycles. The van der Waals surface area contributed by atoms with Crippen molar-refractivity contribution in [1.82, 2.24) is 19.8 Å². The summed E-state index contributed by atoms with van der Waals surface area (Å²) in [6.07, 6.45) is 1.89.